The third-order valence-corrected chi connectivity index (χ3v) is 17.6. The van der Waals surface area contributed by atoms with Crippen molar-refractivity contribution in [1.29, 1.82) is 0 Å². The van der Waals surface area contributed by atoms with Crippen molar-refractivity contribution in [3.8, 4) is 89.0 Å². The molecule has 13 aromatic rings. The van der Waals surface area contributed by atoms with Crippen LogP contribution in [0.5, 0.6) is 0 Å². The average molecular weight is 1610 g/mol. The molecule has 0 aliphatic carbocycles. The Morgan fingerprint density at radius 1 is 0.268 bits per heavy atom. The summed E-state index contributed by atoms with van der Waals surface area (Å²) in [5, 5.41) is 47.4. The Kier molecular flexibility index (Phi) is 38.9. The molecule has 0 aliphatic rings. The van der Waals surface area contributed by atoms with Crippen molar-refractivity contribution in [2.45, 2.75) is 82.8 Å². The van der Waals surface area contributed by atoms with Gasteiger partial charge in [-0.05, 0) is 177 Å². The maximum Gasteiger partial charge on any atom is 2.00 e. The van der Waals surface area contributed by atoms with E-state index in [0.29, 0.717) is 51.1 Å². The molecule has 0 radical (unpaired) electrons. The zero-order chi connectivity index (χ0) is 79.7. The van der Waals surface area contributed by atoms with Gasteiger partial charge in [-0.15, -0.1) is 23.2 Å². The van der Waals surface area contributed by atoms with Gasteiger partial charge in [-0.25, -0.2) is 0 Å². The molecule has 0 N–H and O–H groups in total. The number of aromatic carboxylic acids is 4. The van der Waals surface area contributed by atoms with Crippen molar-refractivity contribution in [2.24, 2.45) is 0 Å². The van der Waals surface area contributed by atoms with Gasteiger partial charge in [0, 0.05) is 48.3 Å². The Morgan fingerprint density at radius 2 is 0.438 bits per heavy atom. The fourth-order valence-electron chi connectivity index (χ4n) is 11.8. The fraction of sp³-hybridized carbons (Fsp3) is 0.165. The first-order chi connectivity index (χ1) is 53.0. The number of halogens is 2. The van der Waals surface area contributed by atoms with Crippen LogP contribution >= 0.6 is 23.2 Å². The molecular weight excluding hydrogens is 1520 g/mol. The molecule has 1 heterocycles. The molecule has 11 nitrogen and oxygen atoms in total. The summed E-state index contributed by atoms with van der Waals surface area (Å²) in [7, 11) is 0. The van der Waals surface area contributed by atoms with Gasteiger partial charge in [0.15, 0.2) is 0 Å². The number of hydrogen-bond acceptors (Lipinski definition) is 11. The number of hydrogen-bond donors (Lipinski definition) is 0. The third kappa shape index (κ3) is 27.3. The average Bonchev–Trinajstić information content (AvgIpc) is 0.809. The molecule has 13 rings (SSSR count). The molecule has 15 heteroatoms. The summed E-state index contributed by atoms with van der Waals surface area (Å²) in [5.41, 5.74) is 23.5. The normalized spacial score (nSPS) is 10.0. The van der Waals surface area contributed by atoms with E-state index in [1.54, 1.807) is 6.20 Å². The van der Waals surface area contributed by atoms with Gasteiger partial charge in [0.1, 0.15) is 0 Å². The molecule has 0 fully saturated rings. The van der Waals surface area contributed by atoms with Crippen molar-refractivity contribution in [3.63, 3.8) is 0 Å². The molecule has 0 spiro atoms. The number of carbonyl (C=O) groups excluding carboxylic acids is 4. The number of aryl methyl sites for hydroxylation is 8. The molecule has 0 atom stereocenters. The van der Waals surface area contributed by atoms with E-state index in [1.807, 2.05) is 361 Å². The van der Waals surface area contributed by atoms with E-state index in [-0.39, 0.29) is 61.7 Å². The van der Waals surface area contributed by atoms with Gasteiger partial charge >= 0.3 is 34.1 Å². The molecule has 0 saturated heterocycles. The minimum Gasteiger partial charge on any atom is -0.545 e. The Bertz CT molecular complexity index is 4230. The number of carboxylic acids is 4. The second-order valence-electron chi connectivity index (χ2n) is 25.8. The minimum atomic E-state index is -1.16. The van der Waals surface area contributed by atoms with Crippen molar-refractivity contribution >= 4 is 47.1 Å². The number of benzene rings is 12. The number of ether oxygens (including phenoxy) is 2. The minimum absolute atomic E-state index is 0. The maximum absolute atomic E-state index is 11.8. The number of carbonyl (C=O) groups is 4. The molecule has 574 valence electrons. The zero-order valence-corrected chi connectivity index (χ0v) is 68.5. The van der Waals surface area contributed by atoms with E-state index in [4.69, 9.17) is 32.7 Å². The van der Waals surface area contributed by atoms with Gasteiger partial charge in [-0.3, -0.25) is 4.98 Å². The number of rotatable bonds is 17. The molecule has 1 aromatic heterocycles. The van der Waals surface area contributed by atoms with Gasteiger partial charge in [-0.1, -0.05) is 317 Å². The summed E-state index contributed by atoms with van der Waals surface area (Å²) >= 11 is 9.53. The monoisotopic (exact) mass is 1610 g/mol. The van der Waals surface area contributed by atoms with Crippen LogP contribution in [0.2, 0.25) is 0 Å². The van der Waals surface area contributed by atoms with E-state index in [2.05, 4.69) is 4.98 Å². The van der Waals surface area contributed by atoms with Gasteiger partial charge < -0.3 is 49.1 Å². The predicted octanol–water partition coefficient (Wildman–Crippen LogP) is 20.1. The fourth-order valence-corrected chi connectivity index (χ4v) is 11.8. The summed E-state index contributed by atoms with van der Waals surface area (Å²) in [5.74, 6) is -4.62. The SMILES string of the molecule is CCOCC.CCOCc1ccccn1.Cc1ccc(-c2cccc(-c3ccc(C)cc3)c2C(=O)[O-])cc1.Cc1ccc(-c2cccc(-c3ccc(C)cc3)c2C(=O)[O-])cc1.Cc1ccc(-c2cccc(-c3ccc(C)cc3)c2C(=O)[O-])cc1.Cc1ccc(-c2cccc(-c3ccc(C)cc3)c2C(=O)[O-])cc1.ClCCl.[Fe+2].[Fe+2]. The largest absolute Gasteiger partial charge is 2.00 e. The van der Waals surface area contributed by atoms with Gasteiger partial charge in [0.25, 0.3) is 0 Å². The van der Waals surface area contributed by atoms with Gasteiger partial charge in [0.2, 0.25) is 0 Å². The van der Waals surface area contributed by atoms with Crippen LogP contribution in [0.1, 0.15) is 112 Å². The Labute approximate surface area is 691 Å². The van der Waals surface area contributed by atoms with Crippen LogP contribution in [0.4, 0.5) is 0 Å². The van der Waals surface area contributed by atoms with Crippen LogP contribution in [-0.2, 0) is 50.2 Å². The number of nitrogens with zero attached hydrogens (tertiary/aromatic N) is 1. The quantitative estimate of drug-likeness (QED) is 0.0622. The molecule has 0 bridgehead atoms. The van der Waals surface area contributed by atoms with Crippen LogP contribution in [-0.4, -0.2) is 54.0 Å². The van der Waals surface area contributed by atoms with Gasteiger partial charge in [-0.2, -0.15) is 0 Å². The van der Waals surface area contributed by atoms with Crippen molar-refractivity contribution in [1.82, 2.24) is 4.98 Å². The summed E-state index contributed by atoms with van der Waals surface area (Å²) in [4.78, 5) is 51.3. The van der Waals surface area contributed by atoms with Crippen LogP contribution in [0, 0.1) is 55.4 Å². The van der Waals surface area contributed by atoms with E-state index >= 15 is 0 Å². The second kappa shape index (κ2) is 47.4. The Hall–Kier alpha value is -10.8. The van der Waals surface area contributed by atoms with Crippen molar-refractivity contribution < 1.29 is 83.2 Å². The van der Waals surface area contributed by atoms with E-state index in [1.165, 1.54) is 0 Å². The molecular formula is C97H91Cl2Fe2NO10. The Balaban J connectivity index is 0.000000247. The van der Waals surface area contributed by atoms with Crippen molar-refractivity contribution in [2.75, 3.05) is 25.2 Å². The molecule has 0 saturated carbocycles. The van der Waals surface area contributed by atoms with E-state index in [9.17, 15) is 39.6 Å². The smallest absolute Gasteiger partial charge is 0.545 e. The maximum atomic E-state index is 11.8. The van der Waals surface area contributed by atoms with Crippen LogP contribution in [0.15, 0.2) is 291 Å². The molecule has 12 aromatic carbocycles. The number of alkyl halides is 2. The predicted molar refractivity (Wildman–Crippen MR) is 443 cm³/mol. The molecule has 112 heavy (non-hydrogen) atoms. The van der Waals surface area contributed by atoms with Crippen LogP contribution in [0.25, 0.3) is 89.0 Å². The summed E-state index contributed by atoms with van der Waals surface area (Å²) in [6, 6.07) is 90.7. The second-order valence-corrected chi connectivity index (χ2v) is 26.6. The van der Waals surface area contributed by atoms with Crippen molar-refractivity contribution in [3.05, 3.63) is 364 Å². The first-order valence-corrected chi connectivity index (χ1v) is 37.2. The summed E-state index contributed by atoms with van der Waals surface area (Å²) in [6.07, 6.45) is 1.77. The standard InChI is InChI=1S/4C21H18O2.C8H11NO.C4H10O.CH2Cl2.2Fe/c4*1-14-6-10-16(11-7-14)18-4-3-5-19(20(18)21(22)23)17-12-8-15(2)9-13-17;1-2-10-7-8-5-3-4-6-9-8;1-3-5-4-2;2-1-3;;/h4*3-13H,1-2H3,(H,22,23);3-6H,2,7H2,1H3;3-4H2,1-2H3;1H2;;/q;;;;;;;2*+2/p-4. The van der Waals surface area contributed by atoms with E-state index in [0.717, 1.165) is 115 Å². The first kappa shape index (κ1) is 91.8. The number of aromatic nitrogens is 1. The van der Waals surface area contributed by atoms with Gasteiger partial charge in [0.05, 0.1) is 41.5 Å². The molecule has 0 aliphatic heterocycles. The topological polar surface area (TPSA) is 192 Å². The van der Waals surface area contributed by atoms with Crippen LogP contribution < -0.4 is 20.4 Å². The number of pyridine rings is 1. The third-order valence-electron chi connectivity index (χ3n) is 17.6. The first-order valence-electron chi connectivity index (χ1n) is 36.1. The zero-order valence-electron chi connectivity index (χ0n) is 64.7. The van der Waals surface area contributed by atoms with E-state index < -0.39 is 23.9 Å². The molecule has 0 unspecified atom stereocenters. The Morgan fingerprint density at radius 3 is 0.562 bits per heavy atom. The molecule has 0 amide bonds. The number of carboxylic acid groups (broad SMARTS) is 4. The van der Waals surface area contributed by atoms with Crippen LogP contribution in [0.3, 0.4) is 0 Å². The summed E-state index contributed by atoms with van der Waals surface area (Å²) < 4.78 is 9.99. The summed E-state index contributed by atoms with van der Waals surface area (Å²) in [6.45, 7) is 25.1.